The Hall–Kier alpha value is -1.12. The van der Waals surface area contributed by atoms with Crippen molar-refractivity contribution in [2.45, 2.75) is 98.8 Å². The number of hydrogen-bond acceptors (Lipinski definition) is 3. The van der Waals surface area contributed by atoms with Crippen LogP contribution in [0.2, 0.25) is 0 Å². The Labute approximate surface area is 183 Å². The molecule has 7 atom stereocenters. The second-order valence-electron chi connectivity index (χ2n) is 12.1. The molecule has 1 N–H and O–H groups in total. The highest BCUT2D eigenvalue weighted by molar-refractivity contribution is 6.07. The molecule has 4 rings (SSSR count). The molecule has 0 radical (unpaired) electrons. The number of hydrogen-bond donors (Lipinski definition) is 1. The first-order valence-corrected chi connectivity index (χ1v) is 12.7. The van der Waals surface area contributed by atoms with Crippen molar-refractivity contribution in [2.75, 3.05) is 0 Å². The normalized spacial score (nSPS) is 43.2. The molecule has 0 unspecified atom stereocenters. The van der Waals surface area contributed by atoms with Gasteiger partial charge in [0.1, 0.15) is 0 Å². The number of allylic oxidation sites excluding steroid dienone is 2. The van der Waals surface area contributed by atoms with Crippen molar-refractivity contribution in [2.24, 2.45) is 51.5 Å². The molecular formula is C27H43NO2. The fourth-order valence-electron chi connectivity index (χ4n) is 8.50. The van der Waals surface area contributed by atoms with Crippen molar-refractivity contribution >= 4 is 11.5 Å². The maximum absolute atomic E-state index is 13.3. The van der Waals surface area contributed by atoms with Gasteiger partial charge in [0.2, 0.25) is 0 Å². The zero-order chi connectivity index (χ0) is 21.7. The lowest BCUT2D eigenvalue weighted by Gasteiger charge is -2.58. The van der Waals surface area contributed by atoms with Gasteiger partial charge in [-0.2, -0.15) is 0 Å². The Morgan fingerprint density at radius 1 is 1.10 bits per heavy atom. The third kappa shape index (κ3) is 3.48. The Balaban J connectivity index is 1.54. The van der Waals surface area contributed by atoms with E-state index in [0.29, 0.717) is 34.7 Å². The number of carbonyl (C=O) groups excluding carboxylic acids is 1. The molecule has 0 saturated heterocycles. The quantitative estimate of drug-likeness (QED) is 0.388. The number of fused-ring (bicyclic) bond motifs is 5. The summed E-state index contributed by atoms with van der Waals surface area (Å²) in [5.74, 6) is 4.66. The highest BCUT2D eigenvalue weighted by atomic mass is 16.4. The lowest BCUT2D eigenvalue weighted by atomic mass is 9.46. The zero-order valence-electron chi connectivity index (χ0n) is 19.9. The SMILES string of the molecule is CC(C)CCC[C@@H](C)[C@@H]1CC[C@@H]2[C@H]3CC(=O)C4=CC(=NO)CC[C@]4(C)[C@@H]3CC[C@@]21C. The maximum Gasteiger partial charge on any atom is 0.159 e. The van der Waals surface area contributed by atoms with Crippen LogP contribution in [-0.4, -0.2) is 16.7 Å². The van der Waals surface area contributed by atoms with Gasteiger partial charge in [-0.3, -0.25) is 4.79 Å². The predicted molar refractivity (Wildman–Crippen MR) is 123 cm³/mol. The molecule has 0 spiro atoms. The predicted octanol–water partition coefficient (Wildman–Crippen LogP) is 7.04. The highest BCUT2D eigenvalue weighted by Crippen LogP contribution is 2.67. The fraction of sp³-hybridized carbons (Fsp3) is 0.852. The van der Waals surface area contributed by atoms with Crippen molar-refractivity contribution in [1.29, 1.82) is 0 Å². The van der Waals surface area contributed by atoms with Crippen molar-refractivity contribution in [3.05, 3.63) is 11.6 Å². The lowest BCUT2D eigenvalue weighted by Crippen LogP contribution is -2.53. The van der Waals surface area contributed by atoms with Crippen LogP contribution in [0.5, 0.6) is 0 Å². The largest absolute Gasteiger partial charge is 0.411 e. The summed E-state index contributed by atoms with van der Waals surface area (Å²) >= 11 is 0. The Kier molecular flexibility index (Phi) is 5.96. The van der Waals surface area contributed by atoms with E-state index in [2.05, 4.69) is 39.8 Å². The first-order chi connectivity index (χ1) is 14.2. The van der Waals surface area contributed by atoms with Gasteiger partial charge in [-0.05, 0) is 90.9 Å². The van der Waals surface area contributed by atoms with Crippen molar-refractivity contribution in [3.8, 4) is 0 Å². The summed E-state index contributed by atoms with van der Waals surface area (Å²) in [4.78, 5) is 13.3. The van der Waals surface area contributed by atoms with Gasteiger partial charge in [0.05, 0.1) is 5.71 Å². The van der Waals surface area contributed by atoms with E-state index in [4.69, 9.17) is 0 Å². The molecule has 0 amide bonds. The van der Waals surface area contributed by atoms with E-state index < -0.39 is 0 Å². The summed E-state index contributed by atoms with van der Waals surface area (Å²) in [6.45, 7) is 12.1. The van der Waals surface area contributed by atoms with Crippen molar-refractivity contribution in [3.63, 3.8) is 0 Å². The van der Waals surface area contributed by atoms with Crippen LogP contribution in [0.25, 0.3) is 0 Å². The van der Waals surface area contributed by atoms with Crippen LogP contribution in [-0.2, 0) is 4.79 Å². The molecule has 0 aromatic heterocycles. The van der Waals surface area contributed by atoms with E-state index in [-0.39, 0.29) is 5.41 Å². The highest BCUT2D eigenvalue weighted by Gasteiger charge is 2.60. The van der Waals surface area contributed by atoms with E-state index in [9.17, 15) is 10.0 Å². The van der Waals surface area contributed by atoms with Crippen LogP contribution >= 0.6 is 0 Å². The van der Waals surface area contributed by atoms with Crippen LogP contribution < -0.4 is 0 Å². The van der Waals surface area contributed by atoms with Crippen LogP contribution in [0.15, 0.2) is 16.8 Å². The van der Waals surface area contributed by atoms with E-state index in [0.717, 1.165) is 42.6 Å². The summed E-state index contributed by atoms with van der Waals surface area (Å²) < 4.78 is 0. The lowest BCUT2D eigenvalue weighted by molar-refractivity contribution is -0.128. The van der Waals surface area contributed by atoms with Gasteiger partial charge >= 0.3 is 0 Å². The maximum atomic E-state index is 13.3. The minimum atomic E-state index is -0.0174. The van der Waals surface area contributed by atoms with Gasteiger partial charge in [-0.1, -0.05) is 59.0 Å². The van der Waals surface area contributed by atoms with Gasteiger partial charge < -0.3 is 5.21 Å². The molecule has 168 valence electrons. The summed E-state index contributed by atoms with van der Waals surface area (Å²) in [5, 5.41) is 12.7. The molecule has 30 heavy (non-hydrogen) atoms. The van der Waals surface area contributed by atoms with Crippen LogP contribution in [0, 0.1) is 46.3 Å². The Morgan fingerprint density at radius 2 is 1.87 bits per heavy atom. The molecule has 3 nitrogen and oxygen atoms in total. The zero-order valence-corrected chi connectivity index (χ0v) is 19.9. The van der Waals surface area contributed by atoms with Gasteiger partial charge in [0.25, 0.3) is 0 Å². The average molecular weight is 414 g/mol. The molecule has 0 heterocycles. The minimum Gasteiger partial charge on any atom is -0.411 e. The van der Waals surface area contributed by atoms with E-state index in [1.54, 1.807) is 0 Å². The number of ketones is 1. The number of oxime groups is 1. The molecule has 4 aliphatic carbocycles. The van der Waals surface area contributed by atoms with E-state index >= 15 is 0 Å². The molecule has 0 aliphatic heterocycles. The van der Waals surface area contributed by atoms with Gasteiger partial charge in [0, 0.05) is 12.0 Å². The standard InChI is InChI=1S/C27H43NO2/c1-17(2)7-6-8-18(3)21-9-10-22-20-16-25(29)24-15-19(28-30)11-13-27(24,5)23(20)12-14-26(21,22)4/h15,17-18,20-23,30H,6-14,16H2,1-5H3/t18-,20-,21+,22-,23-,26-,27-/m1/s1. The van der Waals surface area contributed by atoms with Crippen LogP contribution in [0.4, 0.5) is 0 Å². The summed E-state index contributed by atoms with van der Waals surface area (Å²) in [6.07, 6.45) is 13.8. The number of carbonyl (C=O) groups is 1. The van der Waals surface area contributed by atoms with Crippen LogP contribution in [0.3, 0.4) is 0 Å². The average Bonchev–Trinajstić information content (AvgIpc) is 3.05. The first-order valence-electron chi connectivity index (χ1n) is 12.7. The number of rotatable bonds is 5. The molecule has 0 aromatic rings. The molecule has 3 saturated carbocycles. The Bertz CT molecular complexity index is 737. The first kappa shape index (κ1) is 22.1. The molecule has 4 aliphatic rings. The second-order valence-corrected chi connectivity index (χ2v) is 12.1. The monoisotopic (exact) mass is 413 g/mol. The minimum absolute atomic E-state index is 0.0174. The fourth-order valence-corrected chi connectivity index (χ4v) is 8.50. The van der Waals surface area contributed by atoms with Crippen molar-refractivity contribution in [1.82, 2.24) is 0 Å². The Morgan fingerprint density at radius 3 is 2.57 bits per heavy atom. The molecule has 3 heteroatoms. The summed E-state index contributed by atoms with van der Waals surface area (Å²) in [6, 6.07) is 0. The smallest absolute Gasteiger partial charge is 0.159 e. The van der Waals surface area contributed by atoms with Gasteiger partial charge in [-0.25, -0.2) is 0 Å². The van der Waals surface area contributed by atoms with E-state index in [1.807, 2.05) is 6.08 Å². The third-order valence-corrected chi connectivity index (χ3v) is 10.1. The molecular weight excluding hydrogens is 370 g/mol. The van der Waals surface area contributed by atoms with Gasteiger partial charge in [-0.15, -0.1) is 0 Å². The number of nitrogens with zero attached hydrogens (tertiary/aromatic N) is 1. The number of Topliss-reactive ketones (excluding diaryl/α,β-unsaturated/α-hetero) is 1. The summed E-state index contributed by atoms with van der Waals surface area (Å²) in [7, 11) is 0. The topological polar surface area (TPSA) is 49.7 Å². The molecule has 0 bridgehead atoms. The molecule has 0 aromatic carbocycles. The summed E-state index contributed by atoms with van der Waals surface area (Å²) in [5.41, 5.74) is 2.05. The second kappa shape index (κ2) is 8.10. The molecule has 3 fully saturated rings. The van der Waals surface area contributed by atoms with E-state index in [1.165, 1.54) is 44.9 Å². The third-order valence-electron chi connectivity index (χ3n) is 10.1. The van der Waals surface area contributed by atoms with Crippen LogP contribution in [0.1, 0.15) is 98.8 Å². The van der Waals surface area contributed by atoms with Gasteiger partial charge in [0.15, 0.2) is 5.78 Å². The van der Waals surface area contributed by atoms with Crippen molar-refractivity contribution < 1.29 is 10.0 Å².